The molecular weight excluding hydrogens is 448 g/mol. The fourth-order valence-electron chi connectivity index (χ4n) is 4.59. The lowest BCUT2D eigenvalue weighted by atomic mass is 9.77. The Balaban J connectivity index is 1.52. The molecule has 32 heavy (non-hydrogen) atoms. The number of hydrogen-bond donors (Lipinski definition) is 0. The molecule has 6 rings (SSSR count). The van der Waals surface area contributed by atoms with Crippen LogP contribution in [0.4, 0.5) is 14.5 Å². The van der Waals surface area contributed by atoms with Gasteiger partial charge in [0, 0.05) is 22.2 Å². The van der Waals surface area contributed by atoms with Crippen molar-refractivity contribution in [2.24, 2.45) is 0 Å². The molecule has 2 aromatic carbocycles. The Labute approximate surface area is 184 Å². The quantitative estimate of drug-likeness (QED) is 0.578. The Morgan fingerprint density at radius 3 is 2.69 bits per heavy atom. The maximum Gasteiger partial charge on any atom is 0.315 e. The van der Waals surface area contributed by atoms with Crippen LogP contribution in [0.5, 0.6) is 17.2 Å². The van der Waals surface area contributed by atoms with Gasteiger partial charge in [0.1, 0.15) is 17.8 Å². The molecule has 3 aromatic rings. The molecule has 1 aromatic heterocycles. The Morgan fingerprint density at radius 1 is 1.16 bits per heavy atom. The first kappa shape index (κ1) is 19.3. The predicted molar refractivity (Wildman–Crippen MR) is 105 cm³/mol. The first-order valence-corrected chi connectivity index (χ1v) is 10.1. The molecule has 2 unspecified atom stereocenters. The van der Waals surface area contributed by atoms with Crippen LogP contribution in [0.1, 0.15) is 42.2 Å². The van der Waals surface area contributed by atoms with Crippen molar-refractivity contribution >= 4 is 23.2 Å². The minimum atomic E-state index is -2.91. The van der Waals surface area contributed by atoms with Crippen LogP contribution >= 0.6 is 11.6 Å². The van der Waals surface area contributed by atoms with E-state index < -0.39 is 23.8 Å². The zero-order chi connectivity index (χ0) is 22.2. The second-order valence-corrected chi connectivity index (χ2v) is 8.08. The van der Waals surface area contributed by atoms with Crippen molar-refractivity contribution < 1.29 is 32.3 Å². The number of ether oxygens (including phenoxy) is 3. The summed E-state index contributed by atoms with van der Waals surface area (Å²) < 4.78 is 47.4. The molecule has 1 spiro atoms. The van der Waals surface area contributed by atoms with E-state index in [1.165, 1.54) is 4.90 Å². The summed E-state index contributed by atoms with van der Waals surface area (Å²) in [5, 5.41) is 4.03. The molecule has 0 aliphatic carbocycles. The summed E-state index contributed by atoms with van der Waals surface area (Å²) in [5.74, 6) is 0.336. The number of hydrogen-bond acceptors (Lipinski definition) is 7. The van der Waals surface area contributed by atoms with Crippen molar-refractivity contribution in [3.8, 4) is 17.2 Å². The number of carbonyl (C=O) groups is 1. The van der Waals surface area contributed by atoms with Gasteiger partial charge in [-0.25, -0.2) is 0 Å². The Morgan fingerprint density at radius 2 is 1.94 bits per heavy atom. The van der Waals surface area contributed by atoms with E-state index in [1.807, 2.05) is 0 Å². The number of alkyl halides is 2. The lowest BCUT2D eigenvalue weighted by molar-refractivity contribution is -0.122. The third kappa shape index (κ3) is 2.38. The van der Waals surface area contributed by atoms with Crippen molar-refractivity contribution in [2.75, 3.05) is 18.3 Å². The molecule has 8 nitrogen and oxygen atoms in total. The number of rotatable bonds is 3. The Bertz CT molecular complexity index is 1280. The minimum Gasteiger partial charge on any atom is -0.491 e. The topological polar surface area (TPSA) is 86.9 Å². The highest BCUT2D eigenvalue weighted by Crippen LogP contribution is 2.57. The zero-order valence-corrected chi connectivity index (χ0v) is 17.2. The largest absolute Gasteiger partial charge is 0.491 e. The normalized spacial score (nSPS) is 21.3. The third-order valence-corrected chi connectivity index (χ3v) is 6.36. The van der Waals surface area contributed by atoms with Crippen LogP contribution in [0.25, 0.3) is 0 Å². The number of amides is 1. The van der Waals surface area contributed by atoms with E-state index in [9.17, 15) is 13.6 Å². The van der Waals surface area contributed by atoms with Gasteiger partial charge < -0.3 is 23.6 Å². The molecule has 0 saturated carbocycles. The summed E-state index contributed by atoms with van der Waals surface area (Å²) >= 11 is 6.61. The van der Waals surface area contributed by atoms with Gasteiger partial charge in [-0.2, -0.15) is 13.8 Å². The molecule has 0 fully saturated rings. The maximum atomic E-state index is 14.0. The molecule has 4 heterocycles. The van der Waals surface area contributed by atoms with Gasteiger partial charge in [0.25, 0.3) is 5.89 Å². The van der Waals surface area contributed by atoms with Gasteiger partial charge in [0.15, 0.2) is 17.3 Å². The van der Waals surface area contributed by atoms with Crippen LogP contribution in [0.15, 0.2) is 34.9 Å². The number of aromatic nitrogens is 2. The van der Waals surface area contributed by atoms with Crippen molar-refractivity contribution in [3.63, 3.8) is 0 Å². The number of anilines is 1. The second kappa shape index (κ2) is 6.55. The van der Waals surface area contributed by atoms with Crippen LogP contribution in [0, 0.1) is 0 Å². The summed E-state index contributed by atoms with van der Waals surface area (Å²) in [6.45, 7) is 1.72. The number of fused-ring (bicyclic) bond motifs is 5. The molecule has 0 saturated heterocycles. The molecule has 0 N–H and O–H groups in total. The average Bonchev–Trinajstić information content (AvgIpc) is 3.53. The van der Waals surface area contributed by atoms with E-state index in [2.05, 4.69) is 14.7 Å². The smallest absolute Gasteiger partial charge is 0.315 e. The Hall–Kier alpha value is -3.40. The van der Waals surface area contributed by atoms with Crippen LogP contribution in [-0.4, -0.2) is 29.4 Å². The molecule has 3 aliphatic heterocycles. The van der Waals surface area contributed by atoms with Crippen LogP contribution in [-0.2, 0) is 10.2 Å². The van der Waals surface area contributed by atoms with Crippen molar-refractivity contribution in [3.05, 3.63) is 58.2 Å². The standard InChI is InChI=1S/C21H14ClF2N3O5/c1-9(18-25-19(17(23)24)32-26-18)27-12-4-2-3-11(22)16(12)21(20(27)28)7-29-13-6-15-14(5-10(13)21)30-8-31-15/h2-6,9,17H,7-8H2,1H3. The molecule has 11 heteroatoms. The molecule has 2 atom stereocenters. The van der Waals surface area contributed by atoms with Crippen molar-refractivity contribution in [2.45, 2.75) is 24.8 Å². The van der Waals surface area contributed by atoms with Crippen LogP contribution in [0.2, 0.25) is 5.02 Å². The number of carbonyl (C=O) groups excluding carboxylic acids is 1. The van der Waals surface area contributed by atoms with Gasteiger partial charge >= 0.3 is 6.43 Å². The molecular formula is C21H14ClF2N3O5. The van der Waals surface area contributed by atoms with Gasteiger partial charge in [0.2, 0.25) is 12.7 Å². The predicted octanol–water partition coefficient (Wildman–Crippen LogP) is 4.18. The monoisotopic (exact) mass is 461 g/mol. The van der Waals surface area contributed by atoms with Crippen molar-refractivity contribution in [1.29, 1.82) is 0 Å². The number of halogens is 3. The van der Waals surface area contributed by atoms with Crippen LogP contribution in [0.3, 0.4) is 0 Å². The van der Waals surface area contributed by atoms with E-state index in [1.54, 1.807) is 37.3 Å². The third-order valence-electron chi connectivity index (χ3n) is 6.05. The second-order valence-electron chi connectivity index (χ2n) is 7.67. The van der Waals surface area contributed by atoms with Gasteiger partial charge in [-0.1, -0.05) is 22.8 Å². The lowest BCUT2D eigenvalue weighted by Gasteiger charge is -2.26. The average molecular weight is 462 g/mol. The highest BCUT2D eigenvalue weighted by Gasteiger charge is 2.59. The van der Waals surface area contributed by atoms with Gasteiger partial charge in [0.05, 0.1) is 11.7 Å². The SMILES string of the molecule is CC(c1noc(C(F)F)n1)N1C(=O)C2(COc3cc4c(cc32)OCO4)c2c(Cl)cccc21. The van der Waals surface area contributed by atoms with E-state index >= 15 is 0 Å². The molecule has 0 radical (unpaired) electrons. The number of benzene rings is 2. The zero-order valence-electron chi connectivity index (χ0n) is 16.5. The molecule has 1 amide bonds. The fraction of sp³-hybridized carbons (Fsp3) is 0.286. The summed E-state index contributed by atoms with van der Waals surface area (Å²) in [4.78, 5) is 19.3. The van der Waals surface area contributed by atoms with Gasteiger partial charge in [-0.15, -0.1) is 0 Å². The van der Waals surface area contributed by atoms with E-state index in [0.29, 0.717) is 39.1 Å². The molecule has 0 bridgehead atoms. The summed E-state index contributed by atoms with van der Waals surface area (Å²) in [5.41, 5.74) is 0.437. The van der Waals surface area contributed by atoms with Crippen LogP contribution < -0.4 is 19.1 Å². The lowest BCUT2D eigenvalue weighted by Crippen LogP contribution is -2.43. The molecule has 164 valence electrons. The highest BCUT2D eigenvalue weighted by atomic mass is 35.5. The Kier molecular flexibility index (Phi) is 3.95. The maximum absolute atomic E-state index is 14.0. The first-order chi connectivity index (χ1) is 15.4. The van der Waals surface area contributed by atoms with Crippen molar-refractivity contribution in [1.82, 2.24) is 10.1 Å². The summed E-state index contributed by atoms with van der Waals surface area (Å²) in [6.07, 6.45) is -2.91. The first-order valence-electron chi connectivity index (χ1n) is 9.73. The fourth-order valence-corrected chi connectivity index (χ4v) is 4.92. The van der Waals surface area contributed by atoms with Gasteiger partial charge in [-0.05, 0) is 25.1 Å². The summed E-state index contributed by atoms with van der Waals surface area (Å²) in [6, 6.07) is 7.77. The minimum absolute atomic E-state index is 0.0124. The van der Waals surface area contributed by atoms with E-state index in [4.69, 9.17) is 25.8 Å². The summed E-state index contributed by atoms with van der Waals surface area (Å²) in [7, 11) is 0. The number of nitrogens with zero attached hydrogens (tertiary/aromatic N) is 3. The molecule has 3 aliphatic rings. The van der Waals surface area contributed by atoms with E-state index in [0.717, 1.165) is 0 Å². The van der Waals surface area contributed by atoms with Gasteiger partial charge in [-0.3, -0.25) is 4.79 Å². The van der Waals surface area contributed by atoms with E-state index in [-0.39, 0.29) is 25.1 Å². The highest BCUT2D eigenvalue weighted by molar-refractivity contribution is 6.33.